The van der Waals surface area contributed by atoms with Crippen molar-refractivity contribution in [1.82, 2.24) is 10.6 Å². The Kier molecular flexibility index (Phi) is 4.27. The van der Waals surface area contributed by atoms with Crippen LogP contribution in [0, 0.1) is 0 Å². The third kappa shape index (κ3) is 3.11. The zero-order valence-electron chi connectivity index (χ0n) is 12.4. The minimum atomic E-state index is -0.395. The largest absolute Gasteiger partial charge is 0.394 e. The lowest BCUT2D eigenvalue weighted by molar-refractivity contribution is -0.126. The Bertz CT molecular complexity index is 509. The number of aliphatic hydroxyl groups excluding tert-OH is 1. The molecule has 1 aromatic carbocycles. The van der Waals surface area contributed by atoms with Crippen molar-refractivity contribution in [3.05, 3.63) is 35.4 Å². The summed E-state index contributed by atoms with van der Waals surface area (Å²) in [6.45, 7) is 0.780. The summed E-state index contributed by atoms with van der Waals surface area (Å²) in [7, 11) is 0. The molecule has 0 bridgehead atoms. The Morgan fingerprint density at radius 3 is 2.67 bits per heavy atom. The third-order valence-electron chi connectivity index (χ3n) is 4.90. The first-order valence-electron chi connectivity index (χ1n) is 7.95. The summed E-state index contributed by atoms with van der Waals surface area (Å²) in [5.41, 5.74) is 2.13. The summed E-state index contributed by atoms with van der Waals surface area (Å²) in [5, 5.41) is 16.2. The summed E-state index contributed by atoms with van der Waals surface area (Å²) in [5.74, 6) is 0.0282. The third-order valence-corrected chi connectivity index (χ3v) is 4.90. The molecule has 3 rings (SSSR count). The molecular weight excluding hydrogens is 264 g/mol. The maximum absolute atomic E-state index is 12.6. The van der Waals surface area contributed by atoms with E-state index in [4.69, 9.17) is 0 Å². The number of hydrogen-bond donors (Lipinski definition) is 3. The molecule has 3 N–H and O–H groups in total. The van der Waals surface area contributed by atoms with E-state index < -0.39 is 5.54 Å². The van der Waals surface area contributed by atoms with Gasteiger partial charge in [0.25, 0.3) is 0 Å². The Balaban J connectivity index is 1.66. The Morgan fingerprint density at radius 2 is 1.95 bits per heavy atom. The lowest BCUT2D eigenvalue weighted by Crippen LogP contribution is -2.58. The highest BCUT2D eigenvalue weighted by Crippen LogP contribution is 2.28. The molecule has 1 amide bonds. The number of nitrogens with one attached hydrogen (secondary N) is 2. The van der Waals surface area contributed by atoms with Gasteiger partial charge in [-0.3, -0.25) is 4.79 Å². The van der Waals surface area contributed by atoms with E-state index in [2.05, 4.69) is 22.8 Å². The summed E-state index contributed by atoms with van der Waals surface area (Å²) in [6.07, 6.45) is 5.87. The molecule has 0 radical (unpaired) electrons. The monoisotopic (exact) mass is 288 g/mol. The highest BCUT2D eigenvalue weighted by molar-refractivity contribution is 5.83. The van der Waals surface area contributed by atoms with Crippen molar-refractivity contribution >= 4 is 5.91 Å². The Morgan fingerprint density at radius 1 is 1.24 bits per heavy atom. The summed E-state index contributed by atoms with van der Waals surface area (Å²) in [6, 6.07) is 8.07. The number of rotatable bonds is 3. The van der Waals surface area contributed by atoms with Crippen LogP contribution in [0.15, 0.2) is 24.3 Å². The van der Waals surface area contributed by atoms with Gasteiger partial charge in [-0.15, -0.1) is 0 Å². The van der Waals surface area contributed by atoms with Crippen LogP contribution in [0.5, 0.6) is 0 Å². The molecule has 1 atom stereocenters. The fourth-order valence-electron chi connectivity index (χ4n) is 3.54. The van der Waals surface area contributed by atoms with Crippen LogP contribution in [-0.2, 0) is 17.8 Å². The van der Waals surface area contributed by atoms with E-state index in [0.29, 0.717) is 0 Å². The molecule has 0 spiro atoms. The molecule has 0 unspecified atom stereocenters. The smallest absolute Gasteiger partial charge is 0.237 e. The Hall–Kier alpha value is -1.39. The standard InChI is InChI=1S/C17H24N2O2/c20-12-17(8-4-1-5-9-17)19-16(21)15-10-13-6-2-3-7-14(13)11-18-15/h2-3,6-7,15,18,20H,1,4-5,8-12H2,(H,19,21)/t15-/m1/s1. The van der Waals surface area contributed by atoms with Crippen molar-refractivity contribution in [3.8, 4) is 0 Å². The van der Waals surface area contributed by atoms with Crippen molar-refractivity contribution in [2.24, 2.45) is 0 Å². The van der Waals surface area contributed by atoms with E-state index in [0.717, 1.165) is 38.6 Å². The predicted octanol–water partition coefficient (Wildman–Crippen LogP) is 1.51. The fraction of sp³-hybridized carbons (Fsp3) is 0.588. The normalized spacial score (nSPS) is 24.1. The first-order chi connectivity index (χ1) is 10.2. The van der Waals surface area contributed by atoms with Crippen LogP contribution in [0.1, 0.15) is 43.2 Å². The average molecular weight is 288 g/mol. The summed E-state index contributed by atoms with van der Waals surface area (Å²) >= 11 is 0. The van der Waals surface area contributed by atoms with Crippen LogP contribution in [0.4, 0.5) is 0 Å². The van der Waals surface area contributed by atoms with Gasteiger partial charge in [0, 0.05) is 6.54 Å². The molecular formula is C17H24N2O2. The van der Waals surface area contributed by atoms with Crippen LogP contribution >= 0.6 is 0 Å². The van der Waals surface area contributed by atoms with Gasteiger partial charge in [-0.1, -0.05) is 43.5 Å². The van der Waals surface area contributed by atoms with Gasteiger partial charge < -0.3 is 15.7 Å². The maximum atomic E-state index is 12.6. The molecule has 1 aliphatic heterocycles. The van der Waals surface area contributed by atoms with Gasteiger partial charge in [-0.25, -0.2) is 0 Å². The zero-order chi connectivity index (χ0) is 14.7. The SMILES string of the molecule is O=C(NC1(CO)CCCCC1)[C@H]1Cc2ccccc2CN1. The second kappa shape index (κ2) is 6.16. The number of amides is 1. The van der Waals surface area contributed by atoms with Gasteiger partial charge in [-0.2, -0.15) is 0 Å². The van der Waals surface area contributed by atoms with E-state index in [9.17, 15) is 9.90 Å². The van der Waals surface area contributed by atoms with Crippen LogP contribution in [0.2, 0.25) is 0 Å². The number of carbonyl (C=O) groups excluding carboxylic acids is 1. The van der Waals surface area contributed by atoms with Crippen LogP contribution in [-0.4, -0.2) is 29.2 Å². The molecule has 1 fully saturated rings. The average Bonchev–Trinajstić information content (AvgIpc) is 2.55. The molecule has 2 aliphatic rings. The van der Waals surface area contributed by atoms with Crippen molar-refractivity contribution in [2.75, 3.05) is 6.61 Å². The molecule has 4 nitrogen and oxygen atoms in total. The first-order valence-corrected chi connectivity index (χ1v) is 7.95. The highest BCUT2D eigenvalue weighted by atomic mass is 16.3. The fourth-order valence-corrected chi connectivity index (χ4v) is 3.54. The maximum Gasteiger partial charge on any atom is 0.237 e. The van der Waals surface area contributed by atoms with Crippen LogP contribution in [0.3, 0.4) is 0 Å². The van der Waals surface area contributed by atoms with E-state index in [1.165, 1.54) is 17.5 Å². The van der Waals surface area contributed by atoms with Crippen molar-refractivity contribution in [3.63, 3.8) is 0 Å². The quantitative estimate of drug-likeness (QED) is 0.790. The lowest BCUT2D eigenvalue weighted by atomic mass is 9.82. The van der Waals surface area contributed by atoms with E-state index in [1.54, 1.807) is 0 Å². The van der Waals surface area contributed by atoms with Crippen LogP contribution < -0.4 is 10.6 Å². The molecule has 1 saturated carbocycles. The second-order valence-corrected chi connectivity index (χ2v) is 6.39. The highest BCUT2D eigenvalue weighted by Gasteiger charge is 2.35. The van der Waals surface area contributed by atoms with Gasteiger partial charge in [-0.05, 0) is 30.4 Å². The Labute approximate surface area is 125 Å². The number of carbonyl (C=O) groups is 1. The topological polar surface area (TPSA) is 61.4 Å². The lowest BCUT2D eigenvalue weighted by Gasteiger charge is -2.38. The molecule has 0 saturated heterocycles. The molecule has 21 heavy (non-hydrogen) atoms. The van der Waals surface area contributed by atoms with Gasteiger partial charge in [0.15, 0.2) is 0 Å². The molecule has 0 aromatic heterocycles. The van der Waals surface area contributed by atoms with Crippen molar-refractivity contribution in [2.45, 2.75) is 56.7 Å². The minimum absolute atomic E-state index is 0.0282. The van der Waals surface area contributed by atoms with Gasteiger partial charge in [0.1, 0.15) is 0 Å². The minimum Gasteiger partial charge on any atom is -0.394 e. The number of fused-ring (bicyclic) bond motifs is 1. The van der Waals surface area contributed by atoms with Crippen molar-refractivity contribution in [1.29, 1.82) is 0 Å². The number of aliphatic hydroxyl groups is 1. The van der Waals surface area contributed by atoms with E-state index in [-0.39, 0.29) is 18.6 Å². The molecule has 1 aromatic rings. The van der Waals surface area contributed by atoms with Gasteiger partial charge >= 0.3 is 0 Å². The first kappa shape index (κ1) is 14.5. The summed E-state index contributed by atoms with van der Waals surface area (Å²) < 4.78 is 0. The van der Waals surface area contributed by atoms with Crippen molar-refractivity contribution < 1.29 is 9.90 Å². The summed E-state index contributed by atoms with van der Waals surface area (Å²) in [4.78, 5) is 12.6. The van der Waals surface area contributed by atoms with E-state index >= 15 is 0 Å². The predicted molar refractivity (Wildman–Crippen MR) is 81.8 cm³/mol. The van der Waals surface area contributed by atoms with E-state index in [1.807, 2.05) is 12.1 Å². The molecule has 1 heterocycles. The molecule has 114 valence electrons. The van der Waals surface area contributed by atoms with Gasteiger partial charge in [0.2, 0.25) is 5.91 Å². The van der Waals surface area contributed by atoms with Gasteiger partial charge in [0.05, 0.1) is 18.2 Å². The zero-order valence-corrected chi connectivity index (χ0v) is 12.4. The molecule has 1 aliphatic carbocycles. The molecule has 4 heteroatoms. The second-order valence-electron chi connectivity index (χ2n) is 6.39. The van der Waals surface area contributed by atoms with Crippen LogP contribution in [0.25, 0.3) is 0 Å². The number of benzene rings is 1. The number of hydrogen-bond acceptors (Lipinski definition) is 3.